The molecule has 5 nitrogen and oxygen atoms in total. The van der Waals surface area contributed by atoms with Gasteiger partial charge in [0.2, 0.25) is 0 Å². The van der Waals surface area contributed by atoms with Crippen molar-refractivity contribution in [1.82, 2.24) is 0 Å². The molecule has 0 saturated carbocycles. The van der Waals surface area contributed by atoms with Crippen molar-refractivity contribution in [1.29, 1.82) is 0 Å². The summed E-state index contributed by atoms with van der Waals surface area (Å²) in [5.74, 6) is -0.548. The van der Waals surface area contributed by atoms with Gasteiger partial charge in [-0.1, -0.05) is 0 Å². The van der Waals surface area contributed by atoms with Crippen LogP contribution in [0.25, 0.3) is 0 Å². The molecule has 0 radical (unpaired) electrons. The van der Waals surface area contributed by atoms with Crippen LogP contribution in [-0.2, 0) is 19.7 Å². The highest BCUT2D eigenvalue weighted by Crippen LogP contribution is 1.98. The molecule has 0 aliphatic heterocycles. The first kappa shape index (κ1) is 13.9. The number of sulfone groups is 2. The molecule has 0 aromatic rings. The molecular weight excluding hydrogens is 226 g/mol. The van der Waals surface area contributed by atoms with E-state index in [0.717, 1.165) is 6.26 Å². The Kier molecular flexibility index (Phi) is 5.61. The fraction of sp³-hybridized carbons (Fsp3) is 1.00. The first-order valence-electron chi connectivity index (χ1n) is 4.35. The highest BCUT2D eigenvalue weighted by molar-refractivity contribution is 7.94. The monoisotopic (exact) mass is 243 g/mol. The van der Waals surface area contributed by atoms with Crippen LogP contribution in [0.2, 0.25) is 0 Å². The molecule has 0 atom stereocenters. The molecule has 0 rings (SSSR count). The number of hydrogen-bond acceptors (Lipinski definition) is 5. The maximum atomic E-state index is 11.2. The summed E-state index contributed by atoms with van der Waals surface area (Å²) in [6.45, 7) is 0.460. The topological polar surface area (TPSA) is 94.3 Å². The fourth-order valence-corrected chi connectivity index (χ4v) is 3.92. The van der Waals surface area contributed by atoms with Crippen LogP contribution in [0.3, 0.4) is 0 Å². The van der Waals surface area contributed by atoms with Gasteiger partial charge < -0.3 is 5.73 Å². The first-order valence-corrected chi connectivity index (χ1v) is 8.23. The smallest absolute Gasteiger partial charge is 0.151 e. The van der Waals surface area contributed by atoms with Gasteiger partial charge in [0.15, 0.2) is 9.84 Å². The van der Waals surface area contributed by atoms with Crippen LogP contribution >= 0.6 is 0 Å². The predicted octanol–water partition coefficient (Wildman–Crippen LogP) is -0.815. The summed E-state index contributed by atoms with van der Waals surface area (Å²) in [6, 6.07) is 0. The number of nitrogens with two attached hydrogens (primary N) is 1. The Morgan fingerprint density at radius 2 is 1.50 bits per heavy atom. The van der Waals surface area contributed by atoms with E-state index >= 15 is 0 Å². The second-order valence-electron chi connectivity index (χ2n) is 3.28. The van der Waals surface area contributed by atoms with Gasteiger partial charge in [0.1, 0.15) is 9.84 Å². The van der Waals surface area contributed by atoms with Gasteiger partial charge in [-0.2, -0.15) is 0 Å². The van der Waals surface area contributed by atoms with E-state index in [-0.39, 0.29) is 17.3 Å². The number of unbranched alkanes of at least 4 members (excludes halogenated alkanes) is 1. The first-order chi connectivity index (χ1) is 6.27. The van der Waals surface area contributed by atoms with Gasteiger partial charge in [0, 0.05) is 6.26 Å². The Balaban J connectivity index is 3.97. The average molecular weight is 243 g/mol. The maximum absolute atomic E-state index is 11.2. The lowest BCUT2D eigenvalue weighted by atomic mass is 10.3. The third-order valence-corrected chi connectivity index (χ3v) is 4.62. The van der Waals surface area contributed by atoms with Crippen LogP contribution in [0.1, 0.15) is 12.8 Å². The fourth-order valence-electron chi connectivity index (χ4n) is 0.847. The Morgan fingerprint density at radius 3 is 1.93 bits per heavy atom. The highest BCUT2D eigenvalue weighted by Gasteiger charge is 2.13. The molecule has 0 heterocycles. The normalized spacial score (nSPS) is 13.0. The summed E-state index contributed by atoms with van der Waals surface area (Å²) in [4.78, 5) is 0. The van der Waals surface area contributed by atoms with Gasteiger partial charge in [0.25, 0.3) is 0 Å². The van der Waals surface area contributed by atoms with Crippen molar-refractivity contribution >= 4 is 19.7 Å². The van der Waals surface area contributed by atoms with Gasteiger partial charge in [-0.05, 0) is 19.4 Å². The van der Waals surface area contributed by atoms with Crippen molar-refractivity contribution in [2.24, 2.45) is 5.73 Å². The summed E-state index contributed by atoms with van der Waals surface area (Å²) in [5, 5.41) is 0. The van der Waals surface area contributed by atoms with Crippen molar-refractivity contribution in [3.63, 3.8) is 0 Å². The third kappa shape index (κ3) is 8.46. The summed E-state index contributed by atoms with van der Waals surface area (Å²) in [7, 11) is -6.41. The molecule has 86 valence electrons. The van der Waals surface area contributed by atoms with E-state index in [2.05, 4.69) is 0 Å². The largest absolute Gasteiger partial charge is 0.330 e. The SMILES string of the molecule is CS(=O)(=O)CCS(=O)(=O)CCCCN. The lowest BCUT2D eigenvalue weighted by Gasteiger charge is -2.02. The summed E-state index contributed by atoms with van der Waals surface area (Å²) in [5.41, 5.74) is 5.21. The summed E-state index contributed by atoms with van der Waals surface area (Å²) >= 11 is 0. The van der Waals surface area contributed by atoms with Gasteiger partial charge in [-0.3, -0.25) is 0 Å². The molecule has 0 fully saturated rings. The van der Waals surface area contributed by atoms with E-state index in [1.54, 1.807) is 0 Å². The van der Waals surface area contributed by atoms with Crippen molar-refractivity contribution in [3.8, 4) is 0 Å². The molecule has 0 spiro atoms. The molecule has 0 saturated heterocycles. The molecule has 2 N–H and O–H groups in total. The van der Waals surface area contributed by atoms with Crippen LogP contribution in [0.5, 0.6) is 0 Å². The quantitative estimate of drug-likeness (QED) is 0.590. The Bertz CT molecular complexity index is 344. The van der Waals surface area contributed by atoms with Gasteiger partial charge in [-0.15, -0.1) is 0 Å². The lowest BCUT2D eigenvalue weighted by molar-refractivity contribution is 0.587. The van der Waals surface area contributed by atoms with Crippen molar-refractivity contribution in [2.75, 3.05) is 30.1 Å². The van der Waals surface area contributed by atoms with E-state index in [9.17, 15) is 16.8 Å². The zero-order valence-electron chi connectivity index (χ0n) is 8.27. The lowest BCUT2D eigenvalue weighted by Crippen LogP contribution is -2.19. The van der Waals surface area contributed by atoms with E-state index < -0.39 is 19.7 Å². The molecule has 0 bridgehead atoms. The molecular formula is C7H17NO4S2. The second-order valence-corrected chi connectivity index (χ2v) is 7.84. The molecule has 0 aliphatic rings. The number of hydrogen-bond donors (Lipinski definition) is 1. The molecule has 7 heteroatoms. The van der Waals surface area contributed by atoms with Crippen molar-refractivity contribution in [2.45, 2.75) is 12.8 Å². The number of rotatable bonds is 7. The van der Waals surface area contributed by atoms with E-state index in [4.69, 9.17) is 5.73 Å². The molecule has 0 amide bonds. The highest BCUT2D eigenvalue weighted by atomic mass is 32.2. The van der Waals surface area contributed by atoms with Crippen LogP contribution in [0.15, 0.2) is 0 Å². The summed E-state index contributed by atoms with van der Waals surface area (Å²) < 4.78 is 43.9. The van der Waals surface area contributed by atoms with Crippen LogP contribution in [-0.4, -0.2) is 46.9 Å². The molecule has 0 aromatic carbocycles. The predicted molar refractivity (Wildman–Crippen MR) is 56.7 cm³/mol. The van der Waals surface area contributed by atoms with Crippen molar-refractivity contribution < 1.29 is 16.8 Å². The zero-order chi connectivity index (χ0) is 11.2. The Hall–Kier alpha value is -0.140. The molecule has 0 aliphatic carbocycles. The molecule has 14 heavy (non-hydrogen) atoms. The van der Waals surface area contributed by atoms with Crippen LogP contribution in [0, 0.1) is 0 Å². The van der Waals surface area contributed by atoms with Crippen molar-refractivity contribution in [3.05, 3.63) is 0 Å². The van der Waals surface area contributed by atoms with E-state index in [1.807, 2.05) is 0 Å². The standard InChI is InChI=1S/C7H17NO4S2/c1-13(9,10)6-7-14(11,12)5-3-2-4-8/h2-8H2,1H3. The van der Waals surface area contributed by atoms with Gasteiger partial charge in [-0.25, -0.2) is 16.8 Å². The third-order valence-electron chi connectivity index (χ3n) is 1.67. The minimum Gasteiger partial charge on any atom is -0.330 e. The minimum absolute atomic E-state index is 0.0275. The Morgan fingerprint density at radius 1 is 0.929 bits per heavy atom. The summed E-state index contributed by atoms with van der Waals surface area (Å²) in [6.07, 6.45) is 2.18. The maximum Gasteiger partial charge on any atom is 0.151 e. The van der Waals surface area contributed by atoms with E-state index in [0.29, 0.717) is 19.4 Å². The molecule has 0 aromatic heterocycles. The Labute approximate surface area is 85.5 Å². The van der Waals surface area contributed by atoms with Crippen LogP contribution < -0.4 is 5.73 Å². The van der Waals surface area contributed by atoms with Crippen LogP contribution in [0.4, 0.5) is 0 Å². The average Bonchev–Trinajstić information content (AvgIpc) is 2.00. The van der Waals surface area contributed by atoms with Gasteiger partial charge >= 0.3 is 0 Å². The molecule has 0 unspecified atom stereocenters. The van der Waals surface area contributed by atoms with Gasteiger partial charge in [0.05, 0.1) is 17.3 Å². The minimum atomic E-state index is -3.22. The zero-order valence-corrected chi connectivity index (χ0v) is 9.90. The second kappa shape index (κ2) is 5.67. The van der Waals surface area contributed by atoms with E-state index in [1.165, 1.54) is 0 Å².